The number of anilines is 1. The molecular formula is C19H17N5O4. The lowest BCUT2D eigenvalue weighted by molar-refractivity contribution is -0.139. The van der Waals surface area contributed by atoms with Crippen LogP contribution in [0.4, 0.5) is 5.95 Å². The molecule has 0 fully saturated rings. The molecule has 3 rings (SSSR count). The summed E-state index contributed by atoms with van der Waals surface area (Å²) in [7, 11) is 1.60. The Balaban J connectivity index is 1.70. The summed E-state index contributed by atoms with van der Waals surface area (Å²) in [5.74, 6) is 0.312. The van der Waals surface area contributed by atoms with Crippen LogP contribution in [0.2, 0.25) is 0 Å². The normalized spacial score (nSPS) is 10.6. The molecule has 0 saturated heterocycles. The van der Waals surface area contributed by atoms with Gasteiger partial charge in [0.1, 0.15) is 11.5 Å². The second-order valence-corrected chi connectivity index (χ2v) is 5.48. The lowest BCUT2D eigenvalue weighted by atomic mass is 10.1. The number of aliphatic carboxylic acids is 1. The number of rotatable bonds is 8. The van der Waals surface area contributed by atoms with E-state index in [-0.39, 0.29) is 5.95 Å². The highest BCUT2D eigenvalue weighted by molar-refractivity contribution is 5.84. The van der Waals surface area contributed by atoms with Gasteiger partial charge in [-0.25, -0.2) is 15.2 Å². The largest absolute Gasteiger partial charge is 0.497 e. The van der Waals surface area contributed by atoms with Gasteiger partial charge in [0.15, 0.2) is 6.61 Å². The fourth-order valence-corrected chi connectivity index (χ4v) is 2.27. The SMILES string of the molecule is COc1ccc(-c2cnnc(N/N=C/c3ccccc3OCC(=O)O)n2)cc1. The Labute approximate surface area is 160 Å². The Morgan fingerprint density at radius 1 is 1.21 bits per heavy atom. The van der Waals surface area contributed by atoms with Gasteiger partial charge in [0, 0.05) is 11.1 Å². The molecule has 0 spiro atoms. The van der Waals surface area contributed by atoms with E-state index >= 15 is 0 Å². The summed E-state index contributed by atoms with van der Waals surface area (Å²) in [4.78, 5) is 15.0. The third-order valence-electron chi connectivity index (χ3n) is 3.58. The number of para-hydroxylation sites is 1. The van der Waals surface area contributed by atoms with Crippen molar-refractivity contribution < 1.29 is 19.4 Å². The minimum absolute atomic E-state index is 0.216. The van der Waals surface area contributed by atoms with Crippen molar-refractivity contribution in [2.24, 2.45) is 5.10 Å². The van der Waals surface area contributed by atoms with Crippen molar-refractivity contribution in [3.8, 4) is 22.8 Å². The maximum absolute atomic E-state index is 10.7. The number of ether oxygens (including phenoxy) is 2. The lowest BCUT2D eigenvalue weighted by Crippen LogP contribution is -2.10. The first-order valence-corrected chi connectivity index (χ1v) is 8.22. The van der Waals surface area contributed by atoms with E-state index in [1.807, 2.05) is 24.3 Å². The summed E-state index contributed by atoms with van der Waals surface area (Å²) in [6.45, 7) is -0.435. The van der Waals surface area contributed by atoms with E-state index in [4.69, 9.17) is 14.6 Å². The third-order valence-corrected chi connectivity index (χ3v) is 3.58. The predicted octanol–water partition coefficient (Wildman–Crippen LogP) is 2.46. The molecule has 0 amide bonds. The van der Waals surface area contributed by atoms with Crippen LogP contribution in [0.15, 0.2) is 59.8 Å². The van der Waals surface area contributed by atoms with Crippen molar-refractivity contribution in [2.45, 2.75) is 0 Å². The number of carboxylic acid groups (broad SMARTS) is 1. The minimum Gasteiger partial charge on any atom is -0.497 e. The Morgan fingerprint density at radius 2 is 2.00 bits per heavy atom. The standard InChI is InChI=1S/C19H17N5O4/c1-27-15-8-6-13(7-9-15)16-11-21-24-19(22-16)23-20-10-14-4-2-3-5-17(14)28-12-18(25)26/h2-11H,12H2,1H3,(H,25,26)(H,22,23,24)/b20-10+. The van der Waals surface area contributed by atoms with Crippen molar-refractivity contribution in [3.63, 3.8) is 0 Å². The van der Waals surface area contributed by atoms with Crippen LogP contribution in [0.1, 0.15) is 5.56 Å². The minimum atomic E-state index is -1.06. The number of nitrogens with one attached hydrogen (secondary N) is 1. The smallest absolute Gasteiger partial charge is 0.341 e. The molecule has 0 aliphatic heterocycles. The van der Waals surface area contributed by atoms with Crippen LogP contribution in [0, 0.1) is 0 Å². The fourth-order valence-electron chi connectivity index (χ4n) is 2.27. The van der Waals surface area contributed by atoms with Crippen LogP contribution < -0.4 is 14.9 Å². The zero-order valence-corrected chi connectivity index (χ0v) is 14.9. The second-order valence-electron chi connectivity index (χ2n) is 5.48. The fraction of sp³-hybridized carbons (Fsp3) is 0.105. The molecule has 9 heteroatoms. The molecule has 3 aromatic rings. The number of aromatic nitrogens is 3. The summed E-state index contributed by atoms with van der Waals surface area (Å²) in [6, 6.07) is 14.3. The molecule has 1 aromatic heterocycles. The summed E-state index contributed by atoms with van der Waals surface area (Å²) >= 11 is 0. The molecule has 0 saturated carbocycles. The Morgan fingerprint density at radius 3 is 2.75 bits per heavy atom. The van der Waals surface area contributed by atoms with Gasteiger partial charge in [0.2, 0.25) is 0 Å². The number of hydrogen-bond donors (Lipinski definition) is 2. The number of benzene rings is 2. The first-order chi connectivity index (χ1) is 13.7. The van der Waals surface area contributed by atoms with E-state index < -0.39 is 12.6 Å². The number of methoxy groups -OCH3 is 1. The molecule has 0 aliphatic rings. The number of hydrazone groups is 1. The van der Waals surface area contributed by atoms with Crippen LogP contribution in [0.5, 0.6) is 11.5 Å². The first kappa shape index (κ1) is 18.8. The summed E-state index contributed by atoms with van der Waals surface area (Å²) in [6.07, 6.45) is 3.03. The van der Waals surface area contributed by atoms with Gasteiger partial charge < -0.3 is 14.6 Å². The molecule has 0 bridgehead atoms. The molecule has 2 N–H and O–H groups in total. The zero-order chi connectivity index (χ0) is 19.8. The van der Waals surface area contributed by atoms with Crippen LogP contribution in [-0.4, -0.2) is 46.2 Å². The van der Waals surface area contributed by atoms with Crippen LogP contribution >= 0.6 is 0 Å². The Kier molecular flexibility index (Phi) is 6.09. The topological polar surface area (TPSA) is 119 Å². The van der Waals surface area contributed by atoms with Gasteiger partial charge in [0.05, 0.1) is 25.2 Å². The molecule has 0 aliphatic carbocycles. The van der Waals surface area contributed by atoms with Gasteiger partial charge in [-0.1, -0.05) is 12.1 Å². The quantitative estimate of drug-likeness (QED) is 0.452. The van der Waals surface area contributed by atoms with Crippen molar-refractivity contribution in [1.29, 1.82) is 0 Å². The number of nitrogens with zero attached hydrogens (tertiary/aromatic N) is 4. The maximum atomic E-state index is 10.7. The van der Waals surface area contributed by atoms with Crippen LogP contribution in [0.25, 0.3) is 11.3 Å². The predicted molar refractivity (Wildman–Crippen MR) is 103 cm³/mol. The van der Waals surface area contributed by atoms with E-state index in [0.717, 1.165) is 11.3 Å². The molecule has 9 nitrogen and oxygen atoms in total. The first-order valence-electron chi connectivity index (χ1n) is 8.22. The average molecular weight is 379 g/mol. The van der Waals surface area contributed by atoms with E-state index in [9.17, 15) is 4.79 Å². The highest BCUT2D eigenvalue weighted by atomic mass is 16.5. The molecular weight excluding hydrogens is 362 g/mol. The number of carbonyl (C=O) groups is 1. The van der Waals surface area contributed by atoms with Crippen LogP contribution in [-0.2, 0) is 4.79 Å². The average Bonchev–Trinajstić information content (AvgIpc) is 2.73. The van der Waals surface area contributed by atoms with E-state index in [2.05, 4.69) is 25.7 Å². The zero-order valence-electron chi connectivity index (χ0n) is 14.9. The van der Waals surface area contributed by atoms with Crippen molar-refractivity contribution in [1.82, 2.24) is 15.2 Å². The van der Waals surface area contributed by atoms with Gasteiger partial charge >= 0.3 is 5.97 Å². The van der Waals surface area contributed by atoms with Gasteiger partial charge in [-0.2, -0.15) is 10.2 Å². The molecule has 0 atom stereocenters. The maximum Gasteiger partial charge on any atom is 0.341 e. The summed E-state index contributed by atoms with van der Waals surface area (Å²) < 4.78 is 10.4. The molecule has 1 heterocycles. The van der Waals surface area contributed by atoms with Crippen LogP contribution in [0.3, 0.4) is 0 Å². The number of carboxylic acids is 1. The van der Waals surface area contributed by atoms with Gasteiger partial charge in [-0.15, -0.1) is 5.10 Å². The molecule has 28 heavy (non-hydrogen) atoms. The Bertz CT molecular complexity index is 976. The van der Waals surface area contributed by atoms with E-state index in [0.29, 0.717) is 17.0 Å². The van der Waals surface area contributed by atoms with Gasteiger partial charge in [0.25, 0.3) is 5.95 Å². The molecule has 2 aromatic carbocycles. The molecule has 142 valence electrons. The summed E-state index contributed by atoms with van der Waals surface area (Å²) in [5, 5.41) is 20.6. The van der Waals surface area contributed by atoms with Crippen molar-refractivity contribution in [3.05, 3.63) is 60.3 Å². The van der Waals surface area contributed by atoms with E-state index in [1.54, 1.807) is 37.6 Å². The van der Waals surface area contributed by atoms with Gasteiger partial charge in [-0.05, 0) is 36.4 Å². The monoisotopic (exact) mass is 379 g/mol. The number of hydrogen-bond acceptors (Lipinski definition) is 8. The molecule has 0 radical (unpaired) electrons. The lowest BCUT2D eigenvalue weighted by Gasteiger charge is -2.06. The van der Waals surface area contributed by atoms with Crippen molar-refractivity contribution >= 4 is 18.1 Å². The molecule has 0 unspecified atom stereocenters. The van der Waals surface area contributed by atoms with Crippen molar-refractivity contribution in [2.75, 3.05) is 19.1 Å². The van der Waals surface area contributed by atoms with Gasteiger partial charge in [-0.3, -0.25) is 0 Å². The Hall–Kier alpha value is -4.01. The summed E-state index contributed by atoms with van der Waals surface area (Å²) in [5.41, 5.74) is 4.80. The third kappa shape index (κ3) is 5.01. The highest BCUT2D eigenvalue weighted by Crippen LogP contribution is 2.20. The van der Waals surface area contributed by atoms with E-state index in [1.165, 1.54) is 6.21 Å². The highest BCUT2D eigenvalue weighted by Gasteiger charge is 2.05. The second kappa shape index (κ2) is 9.08.